The number of rotatable bonds is 7. The van der Waals surface area contributed by atoms with Gasteiger partial charge >= 0.3 is 5.97 Å². The van der Waals surface area contributed by atoms with Gasteiger partial charge in [0.1, 0.15) is 0 Å². The molecule has 2 heteroatoms. The van der Waals surface area contributed by atoms with Crippen molar-refractivity contribution in [1.82, 2.24) is 0 Å². The second-order valence-corrected chi connectivity index (χ2v) is 6.35. The summed E-state index contributed by atoms with van der Waals surface area (Å²) >= 11 is 0. The Morgan fingerprint density at radius 1 is 0.815 bits per heavy atom. The lowest BCUT2D eigenvalue weighted by atomic mass is 9.96. The standard InChI is InChI=1S/C25H24O2/c1-2-27-25(26)19-24(22-11-7-4-8-12-22)18-15-20-13-16-23(17-14-20)21-9-5-3-6-10-21/h3-14,16-17,19H,2,15,18H2,1H3/b24-19-. The first-order valence-electron chi connectivity index (χ1n) is 9.33. The van der Waals surface area contributed by atoms with Gasteiger partial charge in [0.25, 0.3) is 0 Å². The Bertz CT molecular complexity index is 879. The fourth-order valence-corrected chi connectivity index (χ4v) is 3.05. The van der Waals surface area contributed by atoms with Crippen molar-refractivity contribution in [2.45, 2.75) is 19.8 Å². The number of ether oxygens (including phenoxy) is 1. The van der Waals surface area contributed by atoms with Gasteiger partial charge in [-0.3, -0.25) is 0 Å². The fraction of sp³-hybridized carbons (Fsp3) is 0.160. The van der Waals surface area contributed by atoms with Crippen molar-refractivity contribution in [3.63, 3.8) is 0 Å². The zero-order valence-corrected chi connectivity index (χ0v) is 15.6. The Morgan fingerprint density at radius 2 is 1.41 bits per heavy atom. The lowest BCUT2D eigenvalue weighted by Gasteiger charge is -2.09. The van der Waals surface area contributed by atoms with Crippen LogP contribution in [-0.2, 0) is 16.0 Å². The molecule has 0 unspecified atom stereocenters. The van der Waals surface area contributed by atoms with E-state index < -0.39 is 0 Å². The van der Waals surface area contributed by atoms with Gasteiger partial charge in [-0.2, -0.15) is 0 Å². The molecular weight excluding hydrogens is 332 g/mol. The first-order chi connectivity index (χ1) is 13.3. The second kappa shape index (κ2) is 9.54. The molecule has 0 spiro atoms. The molecule has 0 aromatic heterocycles. The van der Waals surface area contributed by atoms with E-state index in [2.05, 4.69) is 48.5 Å². The van der Waals surface area contributed by atoms with Crippen LogP contribution in [0, 0.1) is 0 Å². The molecule has 0 saturated heterocycles. The third-order valence-electron chi connectivity index (χ3n) is 4.47. The quantitative estimate of drug-likeness (QED) is 0.387. The smallest absolute Gasteiger partial charge is 0.331 e. The van der Waals surface area contributed by atoms with E-state index in [1.165, 1.54) is 16.7 Å². The minimum Gasteiger partial charge on any atom is -0.463 e. The van der Waals surface area contributed by atoms with Gasteiger partial charge in [-0.25, -0.2) is 4.79 Å². The lowest BCUT2D eigenvalue weighted by Crippen LogP contribution is -2.02. The van der Waals surface area contributed by atoms with E-state index in [4.69, 9.17) is 4.74 Å². The average molecular weight is 356 g/mol. The first-order valence-corrected chi connectivity index (χ1v) is 9.33. The summed E-state index contributed by atoms with van der Waals surface area (Å²) in [5, 5.41) is 0. The van der Waals surface area contributed by atoms with Crippen molar-refractivity contribution >= 4 is 11.5 Å². The van der Waals surface area contributed by atoms with Crippen LogP contribution in [0.3, 0.4) is 0 Å². The van der Waals surface area contributed by atoms with Crippen molar-refractivity contribution < 1.29 is 9.53 Å². The van der Waals surface area contributed by atoms with E-state index in [0.29, 0.717) is 6.61 Å². The Kier molecular flexibility index (Phi) is 6.59. The molecule has 27 heavy (non-hydrogen) atoms. The molecule has 0 heterocycles. The van der Waals surface area contributed by atoms with Crippen molar-refractivity contribution in [1.29, 1.82) is 0 Å². The van der Waals surface area contributed by atoms with Gasteiger partial charge in [0.15, 0.2) is 0 Å². The molecule has 0 atom stereocenters. The van der Waals surface area contributed by atoms with E-state index in [1.54, 1.807) is 6.08 Å². The number of esters is 1. The predicted molar refractivity (Wildman–Crippen MR) is 111 cm³/mol. The van der Waals surface area contributed by atoms with Crippen LogP contribution in [0.4, 0.5) is 0 Å². The fourth-order valence-electron chi connectivity index (χ4n) is 3.05. The molecule has 0 aliphatic rings. The minimum atomic E-state index is -0.282. The van der Waals surface area contributed by atoms with Crippen molar-refractivity contribution in [2.75, 3.05) is 6.61 Å². The molecule has 0 aliphatic heterocycles. The molecule has 2 nitrogen and oxygen atoms in total. The highest BCUT2D eigenvalue weighted by Crippen LogP contribution is 2.23. The number of hydrogen-bond acceptors (Lipinski definition) is 2. The largest absolute Gasteiger partial charge is 0.463 e. The third-order valence-corrected chi connectivity index (χ3v) is 4.47. The monoisotopic (exact) mass is 356 g/mol. The summed E-state index contributed by atoms with van der Waals surface area (Å²) in [6.07, 6.45) is 3.28. The molecule has 0 radical (unpaired) electrons. The molecule has 3 aromatic carbocycles. The summed E-state index contributed by atoms with van der Waals surface area (Å²) in [4.78, 5) is 11.9. The molecule has 0 amide bonds. The summed E-state index contributed by atoms with van der Waals surface area (Å²) in [6, 6.07) is 29.0. The summed E-state index contributed by atoms with van der Waals surface area (Å²) in [7, 11) is 0. The van der Waals surface area contributed by atoms with Gasteiger partial charge in [-0.05, 0) is 47.6 Å². The van der Waals surface area contributed by atoms with Crippen molar-refractivity contribution in [2.24, 2.45) is 0 Å². The second-order valence-electron chi connectivity index (χ2n) is 6.35. The third kappa shape index (κ3) is 5.42. The zero-order chi connectivity index (χ0) is 18.9. The molecule has 3 aromatic rings. The van der Waals surface area contributed by atoms with E-state index in [-0.39, 0.29) is 5.97 Å². The Labute approximate surface area is 161 Å². The maximum atomic E-state index is 11.9. The summed E-state index contributed by atoms with van der Waals surface area (Å²) in [5.74, 6) is -0.282. The number of hydrogen-bond donors (Lipinski definition) is 0. The molecular formula is C25H24O2. The van der Waals surface area contributed by atoms with Crippen LogP contribution in [0.15, 0.2) is 91.0 Å². The predicted octanol–water partition coefficient (Wildman–Crippen LogP) is 5.93. The maximum absolute atomic E-state index is 11.9. The van der Waals surface area contributed by atoms with Crippen LogP contribution in [0.2, 0.25) is 0 Å². The molecule has 136 valence electrons. The van der Waals surface area contributed by atoms with Crippen LogP contribution in [-0.4, -0.2) is 12.6 Å². The van der Waals surface area contributed by atoms with Crippen LogP contribution in [0.1, 0.15) is 24.5 Å². The molecule has 0 saturated carbocycles. The molecule has 0 fully saturated rings. The SMILES string of the molecule is CCOC(=O)/C=C(/CCc1ccc(-c2ccccc2)cc1)c1ccccc1. The average Bonchev–Trinajstić information content (AvgIpc) is 2.73. The number of carbonyl (C=O) groups excluding carboxylic acids is 1. The minimum absolute atomic E-state index is 0.282. The Morgan fingerprint density at radius 3 is 2.04 bits per heavy atom. The Hall–Kier alpha value is -3.13. The highest BCUT2D eigenvalue weighted by molar-refractivity contribution is 5.91. The van der Waals surface area contributed by atoms with Gasteiger partial charge in [0.05, 0.1) is 6.61 Å². The van der Waals surface area contributed by atoms with E-state index in [9.17, 15) is 4.79 Å². The summed E-state index contributed by atoms with van der Waals surface area (Å²) < 4.78 is 5.10. The zero-order valence-electron chi connectivity index (χ0n) is 15.6. The number of aryl methyl sites for hydroxylation is 1. The molecule has 0 bridgehead atoms. The number of benzene rings is 3. The normalized spacial score (nSPS) is 11.2. The molecule has 0 N–H and O–H groups in total. The van der Waals surface area contributed by atoms with Gasteiger partial charge in [-0.1, -0.05) is 84.9 Å². The van der Waals surface area contributed by atoms with Gasteiger partial charge in [0, 0.05) is 6.08 Å². The summed E-state index contributed by atoms with van der Waals surface area (Å²) in [6.45, 7) is 2.21. The van der Waals surface area contributed by atoms with Crippen LogP contribution in [0.5, 0.6) is 0 Å². The Balaban J connectivity index is 1.72. The van der Waals surface area contributed by atoms with E-state index in [0.717, 1.165) is 24.0 Å². The maximum Gasteiger partial charge on any atom is 0.331 e. The van der Waals surface area contributed by atoms with Gasteiger partial charge < -0.3 is 4.74 Å². The molecule has 0 aliphatic carbocycles. The summed E-state index contributed by atoms with van der Waals surface area (Å²) in [5.41, 5.74) is 5.74. The number of carbonyl (C=O) groups is 1. The van der Waals surface area contributed by atoms with Crippen LogP contribution < -0.4 is 0 Å². The van der Waals surface area contributed by atoms with Crippen molar-refractivity contribution in [3.8, 4) is 11.1 Å². The van der Waals surface area contributed by atoms with Gasteiger partial charge in [0.2, 0.25) is 0 Å². The van der Waals surface area contributed by atoms with Crippen LogP contribution in [0.25, 0.3) is 16.7 Å². The van der Waals surface area contributed by atoms with E-state index in [1.807, 2.05) is 43.3 Å². The highest BCUT2D eigenvalue weighted by atomic mass is 16.5. The highest BCUT2D eigenvalue weighted by Gasteiger charge is 2.07. The lowest BCUT2D eigenvalue weighted by molar-refractivity contribution is -0.137. The van der Waals surface area contributed by atoms with Crippen LogP contribution >= 0.6 is 0 Å². The molecule has 3 rings (SSSR count). The van der Waals surface area contributed by atoms with Crippen molar-refractivity contribution in [3.05, 3.63) is 102 Å². The first kappa shape index (κ1) is 18.7. The number of allylic oxidation sites excluding steroid dienone is 1. The van der Waals surface area contributed by atoms with E-state index >= 15 is 0 Å². The topological polar surface area (TPSA) is 26.3 Å². The van der Waals surface area contributed by atoms with Gasteiger partial charge in [-0.15, -0.1) is 0 Å².